The van der Waals surface area contributed by atoms with E-state index in [0.29, 0.717) is 30.9 Å². The van der Waals surface area contributed by atoms with Gasteiger partial charge in [-0.1, -0.05) is 29.4 Å². The van der Waals surface area contributed by atoms with Crippen LogP contribution in [0.15, 0.2) is 65.3 Å². The third-order valence-electron chi connectivity index (χ3n) is 5.67. The second-order valence-electron chi connectivity index (χ2n) is 7.57. The molecule has 158 valence electrons. The van der Waals surface area contributed by atoms with Crippen LogP contribution in [0.3, 0.4) is 0 Å². The van der Waals surface area contributed by atoms with Gasteiger partial charge < -0.3 is 23.8 Å². The number of carbonyl (C=O) groups is 2. The van der Waals surface area contributed by atoms with Crippen molar-refractivity contribution in [3.05, 3.63) is 72.1 Å². The Morgan fingerprint density at radius 3 is 2.71 bits per heavy atom. The summed E-state index contributed by atoms with van der Waals surface area (Å²) in [5.74, 6) is 0.965. The third-order valence-corrected chi connectivity index (χ3v) is 5.67. The molecule has 2 amide bonds. The second kappa shape index (κ2) is 7.79. The number of carbonyl (C=O) groups excluding carboxylic acids is 2. The maximum Gasteiger partial charge on any atom is 0.293 e. The van der Waals surface area contributed by atoms with Crippen molar-refractivity contribution in [3.8, 4) is 11.5 Å². The van der Waals surface area contributed by atoms with Crippen LogP contribution in [0, 0.1) is 0 Å². The van der Waals surface area contributed by atoms with E-state index in [2.05, 4.69) is 5.16 Å². The van der Waals surface area contributed by atoms with Gasteiger partial charge in [0.05, 0.1) is 32.1 Å². The zero-order valence-corrected chi connectivity index (χ0v) is 16.9. The van der Waals surface area contributed by atoms with Gasteiger partial charge in [0.1, 0.15) is 23.6 Å². The number of nitrogens with zero attached hydrogens (tertiary/aromatic N) is 3. The SMILES string of the molecule is COc1ccc(CN2C(=O)C3CC(CN3C(=O)c3ccno3)Oc3ccccc32)cc1. The lowest BCUT2D eigenvalue weighted by atomic mass is 10.1. The molecule has 1 fully saturated rings. The molecule has 2 bridgehead atoms. The van der Waals surface area contributed by atoms with Gasteiger partial charge in [0, 0.05) is 12.5 Å². The number of hydrogen-bond acceptors (Lipinski definition) is 6. The van der Waals surface area contributed by atoms with Gasteiger partial charge in [-0.25, -0.2) is 0 Å². The van der Waals surface area contributed by atoms with E-state index in [4.69, 9.17) is 14.0 Å². The van der Waals surface area contributed by atoms with E-state index in [1.807, 2.05) is 48.5 Å². The first-order chi connectivity index (χ1) is 15.1. The van der Waals surface area contributed by atoms with E-state index >= 15 is 0 Å². The minimum atomic E-state index is -0.644. The number of amides is 2. The molecule has 2 aliphatic rings. The van der Waals surface area contributed by atoms with Crippen LogP contribution in [0.25, 0.3) is 0 Å². The van der Waals surface area contributed by atoms with Crippen molar-refractivity contribution in [1.82, 2.24) is 10.1 Å². The Morgan fingerprint density at radius 2 is 1.97 bits per heavy atom. The molecule has 2 atom stereocenters. The summed E-state index contributed by atoms with van der Waals surface area (Å²) in [5.41, 5.74) is 1.62. The average Bonchev–Trinajstić information content (AvgIpc) is 3.48. The van der Waals surface area contributed by atoms with Gasteiger partial charge in [-0.2, -0.15) is 0 Å². The van der Waals surface area contributed by atoms with Crippen molar-refractivity contribution in [2.24, 2.45) is 0 Å². The molecule has 31 heavy (non-hydrogen) atoms. The molecule has 8 nitrogen and oxygen atoms in total. The number of methoxy groups -OCH3 is 1. The predicted molar refractivity (Wildman–Crippen MR) is 111 cm³/mol. The molecule has 3 aromatic rings. The van der Waals surface area contributed by atoms with Gasteiger partial charge in [-0.3, -0.25) is 9.59 Å². The fourth-order valence-electron chi connectivity index (χ4n) is 4.14. The molecule has 0 saturated carbocycles. The number of fused-ring (bicyclic) bond motifs is 3. The lowest BCUT2D eigenvalue weighted by Crippen LogP contribution is -2.47. The van der Waals surface area contributed by atoms with Crippen molar-refractivity contribution in [2.75, 3.05) is 18.6 Å². The van der Waals surface area contributed by atoms with Crippen LogP contribution in [-0.4, -0.2) is 47.7 Å². The maximum absolute atomic E-state index is 13.7. The number of benzene rings is 2. The van der Waals surface area contributed by atoms with Gasteiger partial charge >= 0.3 is 0 Å². The van der Waals surface area contributed by atoms with E-state index in [0.717, 1.165) is 11.3 Å². The Hall–Kier alpha value is -3.81. The zero-order valence-electron chi connectivity index (χ0n) is 16.9. The summed E-state index contributed by atoms with van der Waals surface area (Å²) in [5, 5.41) is 3.61. The maximum atomic E-state index is 13.7. The quantitative estimate of drug-likeness (QED) is 0.647. The molecule has 3 heterocycles. The largest absolute Gasteiger partial charge is 0.497 e. The molecule has 2 unspecified atom stereocenters. The summed E-state index contributed by atoms with van der Waals surface area (Å²) in [4.78, 5) is 29.9. The van der Waals surface area contributed by atoms with Gasteiger partial charge in [0.25, 0.3) is 5.91 Å². The molecule has 2 aromatic carbocycles. The number of likely N-dealkylation sites (tertiary alicyclic amines) is 1. The van der Waals surface area contributed by atoms with Crippen LogP contribution >= 0.6 is 0 Å². The first kappa shape index (κ1) is 19.2. The van der Waals surface area contributed by atoms with Gasteiger partial charge in [0.15, 0.2) is 0 Å². The number of ether oxygens (including phenoxy) is 2. The number of anilines is 1. The molecule has 0 spiro atoms. The number of hydrogen-bond donors (Lipinski definition) is 0. The fraction of sp³-hybridized carbons (Fsp3) is 0.261. The van der Waals surface area contributed by atoms with E-state index < -0.39 is 6.04 Å². The Kier molecular flexibility index (Phi) is 4.82. The Labute approximate surface area is 178 Å². The van der Waals surface area contributed by atoms with Crippen LogP contribution < -0.4 is 14.4 Å². The number of aromatic nitrogens is 1. The Bertz CT molecular complexity index is 1100. The molecular weight excluding hydrogens is 398 g/mol. The molecule has 8 heteroatoms. The molecule has 5 rings (SSSR count). The highest BCUT2D eigenvalue weighted by atomic mass is 16.5. The fourth-order valence-corrected chi connectivity index (χ4v) is 4.14. The van der Waals surface area contributed by atoms with Gasteiger partial charge in [-0.05, 0) is 29.8 Å². The first-order valence-corrected chi connectivity index (χ1v) is 10.1. The van der Waals surface area contributed by atoms with E-state index in [9.17, 15) is 9.59 Å². The highest BCUT2D eigenvalue weighted by Gasteiger charge is 2.45. The van der Waals surface area contributed by atoms with Crippen LogP contribution in [0.1, 0.15) is 22.5 Å². The Morgan fingerprint density at radius 1 is 1.16 bits per heavy atom. The lowest BCUT2D eigenvalue weighted by molar-refractivity contribution is -0.122. The van der Waals surface area contributed by atoms with Crippen LogP contribution in [0.2, 0.25) is 0 Å². The number of para-hydroxylation sites is 2. The molecular formula is C23H21N3O5. The van der Waals surface area contributed by atoms with Crippen LogP contribution in [0.5, 0.6) is 11.5 Å². The first-order valence-electron chi connectivity index (χ1n) is 10.1. The average molecular weight is 419 g/mol. The van der Waals surface area contributed by atoms with Crippen molar-refractivity contribution < 1.29 is 23.6 Å². The smallest absolute Gasteiger partial charge is 0.293 e. The second-order valence-corrected chi connectivity index (χ2v) is 7.57. The van der Waals surface area contributed by atoms with Crippen LogP contribution in [-0.2, 0) is 11.3 Å². The minimum absolute atomic E-state index is 0.108. The van der Waals surface area contributed by atoms with Crippen molar-refractivity contribution >= 4 is 17.5 Å². The van der Waals surface area contributed by atoms with Crippen molar-refractivity contribution in [2.45, 2.75) is 25.1 Å². The monoisotopic (exact) mass is 419 g/mol. The van der Waals surface area contributed by atoms with Crippen molar-refractivity contribution in [3.63, 3.8) is 0 Å². The summed E-state index contributed by atoms with van der Waals surface area (Å²) in [6.45, 7) is 0.648. The van der Waals surface area contributed by atoms with E-state index in [-0.39, 0.29) is 23.7 Å². The molecule has 1 saturated heterocycles. The van der Waals surface area contributed by atoms with Crippen LogP contribution in [0.4, 0.5) is 5.69 Å². The topological polar surface area (TPSA) is 85.1 Å². The zero-order chi connectivity index (χ0) is 21.4. The molecule has 0 N–H and O–H groups in total. The normalized spacial score (nSPS) is 20.0. The highest BCUT2D eigenvalue weighted by molar-refractivity contribution is 6.03. The summed E-state index contributed by atoms with van der Waals surface area (Å²) in [6, 6.07) is 15.9. The molecule has 2 aliphatic heterocycles. The summed E-state index contributed by atoms with van der Waals surface area (Å²) < 4.78 is 16.5. The van der Waals surface area contributed by atoms with Gasteiger partial charge in [0.2, 0.25) is 11.7 Å². The molecule has 1 aromatic heterocycles. The summed E-state index contributed by atoms with van der Waals surface area (Å²) in [7, 11) is 1.61. The van der Waals surface area contributed by atoms with E-state index in [1.165, 1.54) is 17.2 Å². The van der Waals surface area contributed by atoms with Crippen molar-refractivity contribution in [1.29, 1.82) is 0 Å². The van der Waals surface area contributed by atoms with Gasteiger partial charge in [-0.15, -0.1) is 0 Å². The van der Waals surface area contributed by atoms with E-state index in [1.54, 1.807) is 12.0 Å². The minimum Gasteiger partial charge on any atom is -0.497 e. The lowest BCUT2D eigenvalue weighted by Gasteiger charge is -2.31. The predicted octanol–water partition coefficient (Wildman–Crippen LogP) is 2.89. The summed E-state index contributed by atoms with van der Waals surface area (Å²) >= 11 is 0. The number of rotatable bonds is 4. The highest BCUT2D eigenvalue weighted by Crippen LogP contribution is 2.37. The third kappa shape index (κ3) is 3.50. The summed E-state index contributed by atoms with van der Waals surface area (Å²) in [6.07, 6.45) is 1.56. The molecule has 0 aliphatic carbocycles. The molecule has 0 radical (unpaired) electrons. The Balaban J connectivity index is 1.51. The standard InChI is InChI=1S/C23H21N3O5/c1-29-16-8-6-15(7-9-16)13-25-18-4-2-3-5-20(18)30-17-12-19(22(25)27)26(14-17)23(28)21-10-11-24-31-21/h2-11,17,19H,12-14H2,1H3.